The van der Waals surface area contributed by atoms with E-state index in [4.69, 9.17) is 0 Å². The van der Waals surface area contributed by atoms with E-state index in [0.717, 1.165) is 25.7 Å². The molecule has 1 nitrogen and oxygen atoms in total. The van der Waals surface area contributed by atoms with Crippen LogP contribution in [0.3, 0.4) is 0 Å². The van der Waals surface area contributed by atoms with Crippen LogP contribution in [0.2, 0.25) is 0 Å². The fourth-order valence-corrected chi connectivity index (χ4v) is 2.37. The van der Waals surface area contributed by atoms with Crippen LogP contribution in [-0.4, -0.2) is 6.04 Å². The molecule has 1 unspecified atom stereocenters. The molecule has 0 radical (unpaired) electrons. The van der Waals surface area contributed by atoms with E-state index in [1.807, 2.05) is 6.92 Å². The molecule has 0 heterocycles. The molecule has 0 bridgehead atoms. The van der Waals surface area contributed by atoms with Crippen LogP contribution in [0.5, 0.6) is 0 Å². The van der Waals surface area contributed by atoms with Crippen LogP contribution in [0, 0.1) is 11.6 Å². The summed E-state index contributed by atoms with van der Waals surface area (Å²) in [7, 11) is 0. The average molecular weight is 255 g/mol. The van der Waals surface area contributed by atoms with E-state index >= 15 is 0 Å². The molecule has 0 aromatic heterocycles. The minimum Gasteiger partial charge on any atom is -0.307 e. The second-order valence-electron chi connectivity index (χ2n) is 4.80. The molecule has 0 fully saturated rings. The van der Waals surface area contributed by atoms with Gasteiger partial charge in [-0.2, -0.15) is 0 Å². The lowest BCUT2D eigenvalue weighted by atomic mass is 10.0. The summed E-state index contributed by atoms with van der Waals surface area (Å²) in [6, 6.07) is 4.05. The maximum absolute atomic E-state index is 13.6. The molecule has 18 heavy (non-hydrogen) atoms. The smallest absolute Gasteiger partial charge is 0.130 e. The summed E-state index contributed by atoms with van der Waals surface area (Å²) in [6.07, 6.45) is 4.22. The first-order valence-corrected chi connectivity index (χ1v) is 6.80. The molecule has 1 rings (SSSR count). The van der Waals surface area contributed by atoms with Gasteiger partial charge in [0.1, 0.15) is 11.6 Å². The highest BCUT2D eigenvalue weighted by molar-refractivity contribution is 5.22. The molecular weight excluding hydrogens is 232 g/mol. The van der Waals surface area contributed by atoms with E-state index in [1.165, 1.54) is 18.2 Å². The zero-order valence-electron chi connectivity index (χ0n) is 11.5. The molecule has 1 N–H and O–H groups in total. The Kier molecular flexibility index (Phi) is 6.27. The molecule has 0 saturated heterocycles. The first kappa shape index (κ1) is 15.1. The summed E-state index contributed by atoms with van der Waals surface area (Å²) in [5.41, 5.74) is 0.148. The van der Waals surface area contributed by atoms with Gasteiger partial charge in [0.15, 0.2) is 0 Å². The fourth-order valence-electron chi connectivity index (χ4n) is 2.37. The maximum atomic E-state index is 13.6. The van der Waals surface area contributed by atoms with Crippen LogP contribution in [0.1, 0.15) is 58.1 Å². The van der Waals surface area contributed by atoms with Crippen molar-refractivity contribution in [2.75, 3.05) is 0 Å². The lowest BCUT2D eigenvalue weighted by Crippen LogP contribution is -2.32. The Morgan fingerprint density at radius 3 is 2.00 bits per heavy atom. The fraction of sp³-hybridized carbons (Fsp3) is 0.600. The van der Waals surface area contributed by atoms with E-state index in [1.54, 1.807) is 0 Å². The van der Waals surface area contributed by atoms with E-state index < -0.39 is 11.6 Å². The predicted molar refractivity (Wildman–Crippen MR) is 71.5 cm³/mol. The van der Waals surface area contributed by atoms with Gasteiger partial charge in [-0.25, -0.2) is 8.78 Å². The Morgan fingerprint density at radius 2 is 1.56 bits per heavy atom. The van der Waals surface area contributed by atoms with Gasteiger partial charge in [-0.3, -0.25) is 0 Å². The van der Waals surface area contributed by atoms with Gasteiger partial charge in [0.2, 0.25) is 0 Å². The Morgan fingerprint density at radius 1 is 1.06 bits per heavy atom. The minimum absolute atomic E-state index is 0.148. The molecule has 1 aromatic rings. The summed E-state index contributed by atoms with van der Waals surface area (Å²) in [6.45, 7) is 6.07. The zero-order chi connectivity index (χ0) is 13.5. The van der Waals surface area contributed by atoms with Crippen LogP contribution in [0.4, 0.5) is 8.78 Å². The van der Waals surface area contributed by atoms with Crippen LogP contribution >= 0.6 is 0 Å². The second kappa shape index (κ2) is 7.47. The van der Waals surface area contributed by atoms with Gasteiger partial charge in [0, 0.05) is 17.6 Å². The van der Waals surface area contributed by atoms with Crippen LogP contribution in [0.25, 0.3) is 0 Å². The Bertz CT molecular complexity index is 339. The van der Waals surface area contributed by atoms with Gasteiger partial charge in [-0.1, -0.05) is 32.8 Å². The average Bonchev–Trinajstić information content (AvgIpc) is 2.29. The predicted octanol–water partition coefficient (Wildman–Crippen LogP) is 4.58. The number of rotatable bonds is 7. The summed E-state index contributed by atoms with van der Waals surface area (Å²) in [5, 5.41) is 3.34. The molecule has 1 aromatic carbocycles. The van der Waals surface area contributed by atoms with Gasteiger partial charge >= 0.3 is 0 Å². The van der Waals surface area contributed by atoms with Crippen LogP contribution in [0.15, 0.2) is 18.2 Å². The molecule has 3 heteroatoms. The normalized spacial score (nSPS) is 13.0. The molecule has 0 amide bonds. The number of nitrogens with one attached hydrogen (secondary N) is 1. The summed E-state index contributed by atoms with van der Waals surface area (Å²) in [4.78, 5) is 0. The third-order valence-corrected chi connectivity index (χ3v) is 3.19. The monoisotopic (exact) mass is 255 g/mol. The van der Waals surface area contributed by atoms with E-state index in [2.05, 4.69) is 19.2 Å². The van der Waals surface area contributed by atoms with Gasteiger partial charge in [-0.05, 0) is 31.9 Å². The van der Waals surface area contributed by atoms with Crippen molar-refractivity contribution in [1.29, 1.82) is 0 Å². The van der Waals surface area contributed by atoms with Gasteiger partial charge < -0.3 is 5.32 Å². The van der Waals surface area contributed by atoms with Crippen LogP contribution < -0.4 is 5.32 Å². The Hall–Kier alpha value is -0.960. The van der Waals surface area contributed by atoms with Crippen molar-refractivity contribution in [2.45, 2.75) is 58.5 Å². The number of hydrogen-bond donors (Lipinski definition) is 1. The Balaban J connectivity index is 2.76. The first-order chi connectivity index (χ1) is 8.60. The molecule has 0 aliphatic carbocycles. The lowest BCUT2D eigenvalue weighted by molar-refractivity contribution is 0.386. The molecule has 102 valence electrons. The van der Waals surface area contributed by atoms with Crippen molar-refractivity contribution in [3.63, 3.8) is 0 Å². The van der Waals surface area contributed by atoms with Gasteiger partial charge in [0.05, 0.1) is 0 Å². The molecule has 0 aliphatic heterocycles. The van der Waals surface area contributed by atoms with Crippen molar-refractivity contribution < 1.29 is 8.78 Å². The highest BCUT2D eigenvalue weighted by atomic mass is 19.1. The quantitative estimate of drug-likeness (QED) is 0.751. The van der Waals surface area contributed by atoms with Gasteiger partial charge in [-0.15, -0.1) is 0 Å². The summed E-state index contributed by atoms with van der Waals surface area (Å²) in [5.74, 6) is -0.941. The third-order valence-electron chi connectivity index (χ3n) is 3.19. The second-order valence-corrected chi connectivity index (χ2v) is 4.80. The lowest BCUT2D eigenvalue weighted by Gasteiger charge is -2.23. The largest absolute Gasteiger partial charge is 0.307 e. The van der Waals surface area contributed by atoms with Crippen molar-refractivity contribution in [3.05, 3.63) is 35.4 Å². The topological polar surface area (TPSA) is 12.0 Å². The number of halogens is 2. The van der Waals surface area contributed by atoms with Crippen LogP contribution in [-0.2, 0) is 0 Å². The van der Waals surface area contributed by atoms with Crippen molar-refractivity contribution in [1.82, 2.24) is 5.32 Å². The third kappa shape index (κ3) is 4.05. The molecular formula is C15H23F2N. The highest BCUT2D eigenvalue weighted by Gasteiger charge is 2.18. The molecule has 0 aliphatic rings. The molecule has 0 spiro atoms. The highest BCUT2D eigenvalue weighted by Crippen LogP contribution is 2.22. The molecule has 1 atom stereocenters. The first-order valence-electron chi connectivity index (χ1n) is 6.80. The van der Waals surface area contributed by atoms with Crippen molar-refractivity contribution in [3.8, 4) is 0 Å². The van der Waals surface area contributed by atoms with E-state index in [9.17, 15) is 8.78 Å². The molecule has 0 saturated carbocycles. The van der Waals surface area contributed by atoms with Crippen molar-refractivity contribution in [2.24, 2.45) is 0 Å². The van der Waals surface area contributed by atoms with E-state index in [-0.39, 0.29) is 11.6 Å². The number of hydrogen-bond acceptors (Lipinski definition) is 1. The summed E-state index contributed by atoms with van der Waals surface area (Å²) < 4.78 is 27.3. The maximum Gasteiger partial charge on any atom is 0.130 e. The Labute approximate surface area is 109 Å². The van der Waals surface area contributed by atoms with Crippen molar-refractivity contribution >= 4 is 0 Å². The summed E-state index contributed by atoms with van der Waals surface area (Å²) >= 11 is 0. The minimum atomic E-state index is -0.471. The van der Waals surface area contributed by atoms with Gasteiger partial charge in [0.25, 0.3) is 0 Å². The number of benzene rings is 1. The SMILES string of the molecule is CCCC(CCC)NC(C)c1c(F)cccc1F. The van der Waals surface area contributed by atoms with E-state index in [0.29, 0.717) is 6.04 Å². The standard InChI is InChI=1S/C15H23F2N/c1-4-7-12(8-5-2)18-11(3)15-13(16)9-6-10-14(15)17/h6,9-12,18H,4-5,7-8H2,1-3H3. The zero-order valence-corrected chi connectivity index (χ0v) is 11.5.